The van der Waals surface area contributed by atoms with Gasteiger partial charge in [0.25, 0.3) is 0 Å². The molecule has 2 saturated heterocycles. The third kappa shape index (κ3) is 8.88. The zero-order valence-electron chi connectivity index (χ0n) is 30.6. The number of pyridine rings is 1. The van der Waals surface area contributed by atoms with Crippen molar-refractivity contribution in [3.63, 3.8) is 0 Å². The fourth-order valence-corrected chi connectivity index (χ4v) is 10.0. The number of urea groups is 2. The lowest BCUT2D eigenvalue weighted by atomic mass is 9.90. The van der Waals surface area contributed by atoms with Crippen LogP contribution in [0.3, 0.4) is 0 Å². The third-order valence-corrected chi connectivity index (χ3v) is 13.1. The molecule has 2 aromatic heterocycles. The minimum atomic E-state index is -1.98. The molecule has 2 aliphatic heterocycles. The number of carbonyl (C=O) groups is 4. The van der Waals surface area contributed by atoms with Gasteiger partial charge in [0.2, 0.25) is 11.8 Å². The van der Waals surface area contributed by atoms with Crippen LogP contribution in [0.25, 0.3) is 0 Å². The summed E-state index contributed by atoms with van der Waals surface area (Å²) < 4.78 is 18.8. The molecule has 1 unspecified atom stereocenters. The summed E-state index contributed by atoms with van der Waals surface area (Å²) in [4.78, 5) is 54.9. The van der Waals surface area contributed by atoms with Crippen LogP contribution in [0.2, 0.25) is 0 Å². The molecule has 0 saturated carbocycles. The molecule has 54 heavy (non-hydrogen) atoms. The van der Waals surface area contributed by atoms with Crippen molar-refractivity contribution in [2.45, 2.75) is 119 Å². The Kier molecular flexibility index (Phi) is 11.5. The van der Waals surface area contributed by atoms with Crippen molar-refractivity contribution in [1.82, 2.24) is 35.9 Å². The van der Waals surface area contributed by atoms with Crippen molar-refractivity contribution in [2.75, 3.05) is 22.9 Å². The second-order valence-corrected chi connectivity index (χ2v) is 17.4. The van der Waals surface area contributed by atoms with E-state index in [4.69, 9.17) is 4.98 Å². The molecule has 17 heteroatoms. The zero-order valence-corrected chi connectivity index (χ0v) is 32.2. The smallest absolute Gasteiger partial charge is 0.322 e. The van der Waals surface area contributed by atoms with Gasteiger partial charge in [-0.05, 0) is 68.6 Å². The van der Waals surface area contributed by atoms with Crippen molar-refractivity contribution < 1.29 is 23.4 Å². The number of thioether (sulfide) groups is 1. The van der Waals surface area contributed by atoms with Crippen LogP contribution < -0.4 is 26.6 Å². The molecule has 4 aliphatic rings. The maximum Gasteiger partial charge on any atom is 0.322 e. The van der Waals surface area contributed by atoms with Gasteiger partial charge >= 0.3 is 12.1 Å². The van der Waals surface area contributed by atoms with Crippen molar-refractivity contribution in [2.24, 2.45) is 4.36 Å². The molecule has 0 spiro atoms. The van der Waals surface area contributed by atoms with E-state index in [1.165, 1.54) is 0 Å². The van der Waals surface area contributed by atoms with Gasteiger partial charge in [-0.25, -0.2) is 9.59 Å². The van der Waals surface area contributed by atoms with Crippen LogP contribution in [0, 0.1) is 0 Å². The number of amides is 6. The standard InChI is InChI=1S/C37H47N10O5S2/c1-37(2)16-15-26-32(25-9-4-10-27(25)40-34(26)37)42-36(51)45-54(52)24-8-3-7-22(19-24)39-31(49)14-13-23-20-47(46-44-23)18-6-17-38-30(48)12-5-11-29-33-28(21-53-29)41-35(50)43-33/h3,7-8,19-20,28-29,33H,4-6,9-18,21H2,1-2H3,(H,38,48)(H,39,49)(H,40,42,51)(H2,41,43,50)/q-1/t28-,29?,33-/m0/s1. The summed E-state index contributed by atoms with van der Waals surface area (Å²) in [6, 6.07) is 6.09. The van der Waals surface area contributed by atoms with Gasteiger partial charge in [0.05, 0.1) is 29.2 Å². The van der Waals surface area contributed by atoms with Gasteiger partial charge in [-0.15, -0.1) is 5.10 Å². The quantitative estimate of drug-likeness (QED) is 0.0886. The fourth-order valence-electron chi connectivity index (χ4n) is 7.77. The second kappa shape index (κ2) is 16.5. The van der Waals surface area contributed by atoms with E-state index in [1.54, 1.807) is 35.1 Å². The van der Waals surface area contributed by atoms with Gasteiger partial charge in [0, 0.05) is 66.3 Å². The minimum Gasteiger partial charge on any atom is -0.439 e. The number of hydrogen-bond acceptors (Lipinski definition) is 10. The highest BCUT2D eigenvalue weighted by atomic mass is 32.2. The minimum absolute atomic E-state index is 0.0144. The molecule has 288 valence electrons. The Morgan fingerprint density at radius 2 is 1.94 bits per heavy atom. The zero-order chi connectivity index (χ0) is 37.8. The molecule has 7 rings (SSSR count). The van der Waals surface area contributed by atoms with Gasteiger partial charge in [0.1, 0.15) is 0 Å². The molecule has 3 atom stereocenters. The molecule has 6 amide bonds. The summed E-state index contributed by atoms with van der Waals surface area (Å²) in [6.07, 6.45) is 9.65. The summed E-state index contributed by atoms with van der Waals surface area (Å²) in [6.45, 7) is 5.45. The Morgan fingerprint density at radius 1 is 1.07 bits per heavy atom. The first-order valence-corrected chi connectivity index (χ1v) is 20.9. The molecular formula is C37H47N10O5S2-. The normalized spacial score (nSPS) is 21.1. The average molecular weight is 776 g/mol. The van der Waals surface area contributed by atoms with Gasteiger partial charge in [-0.3, -0.25) is 19.3 Å². The van der Waals surface area contributed by atoms with Crippen LogP contribution in [-0.4, -0.2) is 73.5 Å². The van der Waals surface area contributed by atoms with E-state index >= 15 is 0 Å². The van der Waals surface area contributed by atoms with Crippen molar-refractivity contribution >= 4 is 57.6 Å². The van der Waals surface area contributed by atoms with Gasteiger partial charge in [-0.1, -0.05) is 42.2 Å². The molecular weight excluding hydrogens is 729 g/mol. The number of aromatic nitrogens is 4. The summed E-state index contributed by atoms with van der Waals surface area (Å²) in [5.41, 5.74) is 6.03. The van der Waals surface area contributed by atoms with Crippen LogP contribution in [-0.2, 0) is 62.0 Å². The van der Waals surface area contributed by atoms with Gasteiger partial charge < -0.3 is 35.2 Å². The Hall–Kier alpha value is -4.51. The SMILES string of the molecule is CC1(C)CCc2c1nc1c(c2NC(=O)N=[S-](=O)c2cccc(NC(=O)CCc3cn(CCCNC(=O)CCCC4SC[C@@H]5NC(=O)N[C@H]45)nn3)c2)CCC1. The second-order valence-electron chi connectivity index (χ2n) is 15.0. The fraction of sp³-hybridized carbons (Fsp3) is 0.541. The molecule has 0 radical (unpaired) electrons. The number of rotatable bonds is 14. The Labute approximate surface area is 320 Å². The molecule has 0 bridgehead atoms. The third-order valence-electron chi connectivity index (χ3n) is 10.6. The van der Waals surface area contributed by atoms with E-state index in [-0.39, 0.29) is 41.8 Å². The first-order valence-electron chi connectivity index (χ1n) is 18.8. The molecule has 4 heterocycles. The van der Waals surface area contributed by atoms with E-state index in [1.807, 2.05) is 11.8 Å². The van der Waals surface area contributed by atoms with Crippen LogP contribution in [0.4, 0.5) is 21.0 Å². The first-order chi connectivity index (χ1) is 26.0. The molecule has 2 aliphatic carbocycles. The highest BCUT2D eigenvalue weighted by Gasteiger charge is 2.42. The number of hydrogen-bond donors (Lipinski definition) is 5. The molecule has 3 aromatic rings. The lowest BCUT2D eigenvalue weighted by Gasteiger charge is -2.20. The van der Waals surface area contributed by atoms with Gasteiger partial charge in [-0.2, -0.15) is 22.4 Å². The number of nitrogens with zero attached hydrogens (tertiary/aromatic N) is 5. The Balaban J connectivity index is 0.822. The predicted octanol–water partition coefficient (Wildman–Crippen LogP) is 4.54. The van der Waals surface area contributed by atoms with E-state index in [0.717, 1.165) is 78.9 Å². The maximum absolute atomic E-state index is 13.1. The van der Waals surface area contributed by atoms with Crippen LogP contribution in [0.1, 0.15) is 87.0 Å². The van der Waals surface area contributed by atoms with Crippen molar-refractivity contribution in [1.29, 1.82) is 0 Å². The molecule has 2 fully saturated rings. The topological polar surface area (TPSA) is 201 Å². The van der Waals surface area contributed by atoms with Crippen molar-refractivity contribution in [3.05, 3.63) is 58.7 Å². The monoisotopic (exact) mass is 775 g/mol. The number of carbonyl (C=O) groups excluding carboxylic acids is 4. The Bertz CT molecular complexity index is 2030. The molecule has 5 N–H and O–H groups in total. The summed E-state index contributed by atoms with van der Waals surface area (Å²) >= 11 is 1.85. The Morgan fingerprint density at radius 3 is 2.81 bits per heavy atom. The predicted molar refractivity (Wildman–Crippen MR) is 206 cm³/mol. The van der Waals surface area contributed by atoms with E-state index < -0.39 is 16.6 Å². The van der Waals surface area contributed by atoms with E-state index in [2.05, 4.69) is 55.1 Å². The number of aryl methyl sites for hydroxylation is 3. The average Bonchev–Trinajstić information content (AvgIpc) is 3.97. The number of benzene rings is 1. The highest BCUT2D eigenvalue weighted by Crippen LogP contribution is 2.44. The number of anilines is 2. The number of nitrogens with one attached hydrogen (secondary N) is 5. The largest absolute Gasteiger partial charge is 0.439 e. The van der Waals surface area contributed by atoms with Crippen LogP contribution in [0.5, 0.6) is 0 Å². The number of fused-ring (bicyclic) bond motifs is 3. The highest BCUT2D eigenvalue weighted by molar-refractivity contribution is 8.00. The first kappa shape index (κ1) is 37.8. The lowest BCUT2D eigenvalue weighted by molar-refractivity contribution is -0.121. The van der Waals surface area contributed by atoms with E-state index in [0.29, 0.717) is 53.9 Å². The molecule has 15 nitrogen and oxygen atoms in total. The van der Waals surface area contributed by atoms with Gasteiger partial charge in [0.15, 0.2) is 0 Å². The maximum atomic E-state index is 13.1. The van der Waals surface area contributed by atoms with Crippen molar-refractivity contribution in [3.8, 4) is 0 Å². The molecule has 1 aromatic carbocycles. The van der Waals surface area contributed by atoms with Crippen LogP contribution >= 0.6 is 11.8 Å². The van der Waals surface area contributed by atoms with Crippen LogP contribution in [0.15, 0.2) is 39.7 Å². The summed E-state index contributed by atoms with van der Waals surface area (Å²) in [5.74, 6) is 0.678. The summed E-state index contributed by atoms with van der Waals surface area (Å²) in [7, 11) is -1.98. The summed E-state index contributed by atoms with van der Waals surface area (Å²) in [5, 5.41) is 23.3. The van der Waals surface area contributed by atoms with E-state index in [9.17, 15) is 23.4 Å². The lowest BCUT2D eigenvalue weighted by Crippen LogP contribution is -2.37.